The van der Waals surface area contributed by atoms with Crippen molar-refractivity contribution in [3.8, 4) is 5.75 Å². The molecule has 1 unspecified atom stereocenters. The Kier molecular flexibility index (Phi) is 4.16. The maximum atomic E-state index is 12.0. The van der Waals surface area contributed by atoms with Gasteiger partial charge in [-0.2, -0.15) is 4.40 Å². The number of benzene rings is 1. The molecule has 1 aliphatic heterocycles. The molecule has 1 heterocycles. The number of halogens is 1. The van der Waals surface area contributed by atoms with Crippen LogP contribution in [-0.4, -0.2) is 20.8 Å². The van der Waals surface area contributed by atoms with Crippen LogP contribution in [0.4, 0.5) is 0 Å². The Morgan fingerprint density at radius 3 is 2.74 bits per heavy atom. The third-order valence-electron chi connectivity index (χ3n) is 2.84. The Balaban J connectivity index is 2.50. The lowest BCUT2D eigenvalue weighted by Gasteiger charge is -2.33. The van der Waals surface area contributed by atoms with Crippen molar-refractivity contribution in [3.05, 3.63) is 28.2 Å². The minimum absolute atomic E-state index is 0.0223. The molecule has 0 N–H and O–H groups in total. The zero-order valence-electron chi connectivity index (χ0n) is 11.6. The van der Waals surface area contributed by atoms with E-state index in [1.165, 1.54) is 0 Å². The molecule has 0 bridgehead atoms. The summed E-state index contributed by atoms with van der Waals surface area (Å²) in [6.45, 7) is 7.86. The molecule has 0 radical (unpaired) electrons. The van der Waals surface area contributed by atoms with Gasteiger partial charge in [0.15, 0.2) is 0 Å². The summed E-state index contributed by atoms with van der Waals surface area (Å²) < 4.78 is 23.3. The van der Waals surface area contributed by atoms with Crippen LogP contribution >= 0.6 is 15.9 Å². The van der Waals surface area contributed by atoms with Crippen LogP contribution in [0, 0.1) is 0 Å². The van der Waals surface area contributed by atoms with Crippen LogP contribution in [0.3, 0.4) is 0 Å². The molecule has 1 aliphatic rings. The van der Waals surface area contributed by atoms with Crippen molar-refractivity contribution in [2.75, 3.05) is 0 Å². The first-order valence-electron chi connectivity index (χ1n) is 6.26. The molecule has 0 saturated heterocycles. The standard InChI is InChI=1S/C14H18BrNO2S/c1-9(2)19(17)16-12-8-14(3,4)18-13-6-5-10(15)7-11(12)13/h5-7,9H,8H2,1-4H3. The van der Waals surface area contributed by atoms with Crippen LogP contribution in [0.5, 0.6) is 5.75 Å². The van der Waals surface area contributed by atoms with Gasteiger partial charge in [-0.3, -0.25) is 0 Å². The summed E-state index contributed by atoms with van der Waals surface area (Å²) in [6, 6.07) is 5.84. The first-order valence-corrected chi connectivity index (χ1v) is 8.22. The SMILES string of the molecule is CC(C)S(=O)N=C1CC(C)(C)Oc2ccc(Br)cc21. The maximum Gasteiger partial charge on any atom is 0.142 e. The van der Waals surface area contributed by atoms with E-state index in [1.807, 2.05) is 45.9 Å². The van der Waals surface area contributed by atoms with E-state index in [4.69, 9.17) is 4.74 Å². The van der Waals surface area contributed by atoms with Gasteiger partial charge >= 0.3 is 0 Å². The van der Waals surface area contributed by atoms with Crippen LogP contribution in [0.15, 0.2) is 27.1 Å². The fourth-order valence-corrected chi connectivity index (χ4v) is 2.90. The molecule has 0 aliphatic carbocycles. The average Bonchev–Trinajstić information content (AvgIpc) is 2.29. The predicted octanol–water partition coefficient (Wildman–Crippen LogP) is 3.87. The summed E-state index contributed by atoms with van der Waals surface area (Å²) in [5.74, 6) is 0.805. The molecule has 19 heavy (non-hydrogen) atoms. The molecule has 1 aromatic carbocycles. The Hall–Kier alpha value is -0.680. The van der Waals surface area contributed by atoms with Gasteiger partial charge in [-0.15, -0.1) is 0 Å². The average molecular weight is 344 g/mol. The van der Waals surface area contributed by atoms with E-state index >= 15 is 0 Å². The highest BCUT2D eigenvalue weighted by Gasteiger charge is 2.31. The van der Waals surface area contributed by atoms with Gasteiger partial charge in [-0.25, -0.2) is 4.21 Å². The first-order chi connectivity index (χ1) is 8.78. The Bertz CT molecular complexity index is 552. The molecule has 0 amide bonds. The van der Waals surface area contributed by atoms with E-state index in [-0.39, 0.29) is 10.9 Å². The van der Waals surface area contributed by atoms with Crippen molar-refractivity contribution in [3.63, 3.8) is 0 Å². The number of rotatable bonds is 2. The molecule has 5 heteroatoms. The maximum absolute atomic E-state index is 12.0. The van der Waals surface area contributed by atoms with E-state index in [9.17, 15) is 4.21 Å². The summed E-state index contributed by atoms with van der Waals surface area (Å²) in [5.41, 5.74) is 1.48. The molecule has 3 nitrogen and oxygen atoms in total. The number of ether oxygens (including phenoxy) is 1. The summed E-state index contributed by atoms with van der Waals surface area (Å²) in [7, 11) is -1.20. The van der Waals surface area contributed by atoms with Crippen molar-refractivity contribution in [2.24, 2.45) is 4.40 Å². The van der Waals surface area contributed by atoms with Crippen LogP contribution in [0.1, 0.15) is 39.7 Å². The minimum atomic E-state index is -1.20. The molecule has 0 spiro atoms. The van der Waals surface area contributed by atoms with Crippen LogP contribution < -0.4 is 4.74 Å². The molecule has 2 rings (SSSR count). The van der Waals surface area contributed by atoms with E-state index in [0.29, 0.717) is 6.42 Å². The highest BCUT2D eigenvalue weighted by molar-refractivity contribution is 9.10. The highest BCUT2D eigenvalue weighted by Crippen LogP contribution is 2.35. The van der Waals surface area contributed by atoms with Gasteiger partial charge in [0.25, 0.3) is 0 Å². The quantitative estimate of drug-likeness (QED) is 0.817. The topological polar surface area (TPSA) is 38.7 Å². The summed E-state index contributed by atoms with van der Waals surface area (Å²) in [5, 5.41) is 0.0223. The second kappa shape index (κ2) is 5.37. The third kappa shape index (κ3) is 3.45. The minimum Gasteiger partial charge on any atom is -0.487 e. The van der Waals surface area contributed by atoms with Gasteiger partial charge in [-0.05, 0) is 45.9 Å². The second-order valence-electron chi connectivity index (χ2n) is 5.54. The number of fused-ring (bicyclic) bond motifs is 1. The van der Waals surface area contributed by atoms with Gasteiger partial charge in [0.2, 0.25) is 0 Å². The first kappa shape index (κ1) is 14.7. The van der Waals surface area contributed by atoms with Gasteiger partial charge in [-0.1, -0.05) is 15.9 Å². The third-order valence-corrected chi connectivity index (χ3v) is 4.54. The number of hydrogen-bond acceptors (Lipinski definition) is 2. The normalized spacial score (nSPS) is 21.1. The van der Waals surface area contributed by atoms with E-state index in [1.54, 1.807) is 0 Å². The second-order valence-corrected chi connectivity index (χ2v) is 8.14. The largest absolute Gasteiger partial charge is 0.487 e. The van der Waals surface area contributed by atoms with E-state index < -0.39 is 11.0 Å². The molecular formula is C14H18BrNO2S. The molecule has 0 aromatic heterocycles. The molecule has 1 aromatic rings. The van der Waals surface area contributed by atoms with Gasteiger partial charge in [0, 0.05) is 16.5 Å². The van der Waals surface area contributed by atoms with Crippen LogP contribution in [-0.2, 0) is 11.0 Å². The number of hydrogen-bond donors (Lipinski definition) is 0. The highest BCUT2D eigenvalue weighted by atomic mass is 79.9. The summed E-state index contributed by atoms with van der Waals surface area (Å²) in [6.07, 6.45) is 0.662. The number of nitrogens with zero attached hydrogens (tertiary/aromatic N) is 1. The fourth-order valence-electron chi connectivity index (χ4n) is 1.94. The fraction of sp³-hybridized carbons (Fsp3) is 0.500. The molecule has 0 saturated carbocycles. The lowest BCUT2D eigenvalue weighted by Crippen LogP contribution is -2.36. The summed E-state index contributed by atoms with van der Waals surface area (Å²) >= 11 is 3.46. The molecule has 104 valence electrons. The molecular weight excluding hydrogens is 326 g/mol. The van der Waals surface area contributed by atoms with Crippen molar-refractivity contribution in [1.82, 2.24) is 0 Å². The van der Waals surface area contributed by atoms with Gasteiger partial charge in [0.05, 0.1) is 11.0 Å². The Morgan fingerprint density at radius 1 is 1.42 bits per heavy atom. The monoisotopic (exact) mass is 343 g/mol. The van der Waals surface area contributed by atoms with Crippen LogP contribution in [0.2, 0.25) is 0 Å². The Morgan fingerprint density at radius 2 is 2.11 bits per heavy atom. The zero-order chi connectivity index (χ0) is 14.2. The van der Waals surface area contributed by atoms with Crippen molar-refractivity contribution >= 4 is 32.6 Å². The van der Waals surface area contributed by atoms with Gasteiger partial charge in [0.1, 0.15) is 22.3 Å². The smallest absolute Gasteiger partial charge is 0.142 e. The van der Waals surface area contributed by atoms with E-state index in [0.717, 1.165) is 21.5 Å². The van der Waals surface area contributed by atoms with Gasteiger partial charge < -0.3 is 4.74 Å². The summed E-state index contributed by atoms with van der Waals surface area (Å²) in [4.78, 5) is 0. The lowest BCUT2D eigenvalue weighted by atomic mass is 9.92. The predicted molar refractivity (Wildman–Crippen MR) is 83.3 cm³/mol. The van der Waals surface area contributed by atoms with Crippen molar-refractivity contribution < 1.29 is 8.95 Å². The Labute approximate surface area is 125 Å². The molecule has 1 atom stereocenters. The van der Waals surface area contributed by atoms with Crippen molar-refractivity contribution in [1.29, 1.82) is 0 Å². The van der Waals surface area contributed by atoms with Crippen molar-refractivity contribution in [2.45, 2.75) is 45.0 Å². The van der Waals surface area contributed by atoms with E-state index in [2.05, 4.69) is 20.3 Å². The molecule has 0 fully saturated rings. The zero-order valence-corrected chi connectivity index (χ0v) is 14.0. The lowest BCUT2D eigenvalue weighted by molar-refractivity contribution is 0.111. The van der Waals surface area contributed by atoms with Crippen LogP contribution in [0.25, 0.3) is 0 Å².